The molecule has 1 unspecified atom stereocenters. The number of halogens is 1. The number of hydrogen-bond donors (Lipinski definition) is 1. The number of aliphatic hydroxyl groups is 1. The summed E-state index contributed by atoms with van der Waals surface area (Å²) in [6, 6.07) is 15.1. The summed E-state index contributed by atoms with van der Waals surface area (Å²) in [5.74, 6) is -0.310. The molecule has 1 aliphatic heterocycles. The molecule has 0 saturated carbocycles. The number of β-lactam (4-membered cyclic amide) rings is 1. The van der Waals surface area contributed by atoms with Gasteiger partial charge < -0.3 is 9.84 Å². The predicted molar refractivity (Wildman–Crippen MR) is 104 cm³/mol. The molecule has 1 N–H and O–H groups in total. The van der Waals surface area contributed by atoms with Crippen LogP contribution in [0.3, 0.4) is 0 Å². The number of nitrogens with zero attached hydrogens (tertiary/aromatic N) is 1. The molecular formula is C22H26FNO3. The van der Waals surface area contributed by atoms with E-state index in [1.54, 1.807) is 43.5 Å². The van der Waals surface area contributed by atoms with Crippen LogP contribution in [0.25, 0.3) is 0 Å². The van der Waals surface area contributed by atoms with Gasteiger partial charge in [0.05, 0.1) is 7.11 Å². The summed E-state index contributed by atoms with van der Waals surface area (Å²) in [6.07, 6.45) is -0.124. The van der Waals surface area contributed by atoms with E-state index >= 15 is 4.39 Å². The van der Waals surface area contributed by atoms with Crippen molar-refractivity contribution in [2.75, 3.05) is 12.0 Å². The highest BCUT2D eigenvalue weighted by molar-refractivity contribution is 6.09. The van der Waals surface area contributed by atoms with Gasteiger partial charge in [-0.3, -0.25) is 9.69 Å². The molecule has 0 radical (unpaired) electrons. The number of hydrogen-bond acceptors (Lipinski definition) is 3. The Labute approximate surface area is 159 Å². The Morgan fingerprint density at radius 2 is 1.70 bits per heavy atom. The van der Waals surface area contributed by atoms with Crippen molar-refractivity contribution in [2.24, 2.45) is 5.92 Å². The van der Waals surface area contributed by atoms with E-state index in [9.17, 15) is 9.90 Å². The van der Waals surface area contributed by atoms with Gasteiger partial charge in [-0.25, -0.2) is 4.39 Å². The molecule has 1 amide bonds. The standard InChI is InChI=1S/C22H26FNO3/c1-4-15(5-2)20(25)22(23)19(16-9-7-6-8-10-16)24(21(22)26)17-11-13-18(27-3)14-12-17/h6-15,19-20,25H,4-5H2,1-3H3/t19-,20?,22-/m0/s1. The Balaban J connectivity index is 2.03. The number of rotatable bonds is 7. The van der Waals surface area contributed by atoms with Gasteiger partial charge in [-0.1, -0.05) is 57.0 Å². The SMILES string of the molecule is CCC(CC)C(O)[C@]1(F)C(=O)N(c2ccc(OC)cc2)[C@H]1c1ccccc1. The summed E-state index contributed by atoms with van der Waals surface area (Å²) in [5, 5.41) is 10.8. The summed E-state index contributed by atoms with van der Waals surface area (Å²) in [6.45, 7) is 3.81. The minimum absolute atomic E-state index is 0.275. The molecule has 0 aliphatic carbocycles. The molecule has 3 rings (SSSR count). The van der Waals surface area contributed by atoms with Crippen LogP contribution >= 0.6 is 0 Å². The van der Waals surface area contributed by atoms with Crippen LogP contribution in [0, 0.1) is 5.92 Å². The molecule has 1 saturated heterocycles. The molecule has 1 fully saturated rings. The zero-order valence-corrected chi connectivity index (χ0v) is 15.9. The fourth-order valence-electron chi connectivity index (χ4n) is 3.94. The molecule has 2 aromatic carbocycles. The van der Waals surface area contributed by atoms with Gasteiger partial charge in [-0.2, -0.15) is 0 Å². The van der Waals surface area contributed by atoms with Crippen LogP contribution in [0.5, 0.6) is 5.75 Å². The van der Waals surface area contributed by atoms with E-state index in [0.29, 0.717) is 29.8 Å². The number of aliphatic hydroxyl groups excluding tert-OH is 1. The molecule has 0 spiro atoms. The van der Waals surface area contributed by atoms with E-state index in [1.807, 2.05) is 32.0 Å². The second-order valence-corrected chi connectivity index (χ2v) is 6.98. The average Bonchev–Trinajstić information content (AvgIpc) is 2.72. The number of anilines is 1. The van der Waals surface area contributed by atoms with Crippen molar-refractivity contribution in [1.29, 1.82) is 0 Å². The maximum absolute atomic E-state index is 16.1. The highest BCUT2D eigenvalue weighted by atomic mass is 19.1. The second-order valence-electron chi connectivity index (χ2n) is 6.98. The van der Waals surface area contributed by atoms with Crippen molar-refractivity contribution in [2.45, 2.75) is 44.5 Å². The van der Waals surface area contributed by atoms with Crippen LogP contribution in [-0.4, -0.2) is 29.9 Å². The Hall–Kier alpha value is -2.40. The van der Waals surface area contributed by atoms with Crippen LogP contribution in [0.4, 0.5) is 10.1 Å². The van der Waals surface area contributed by atoms with Gasteiger partial charge in [-0.15, -0.1) is 0 Å². The van der Waals surface area contributed by atoms with Crippen LogP contribution < -0.4 is 9.64 Å². The minimum Gasteiger partial charge on any atom is -0.497 e. The number of benzene rings is 2. The minimum atomic E-state index is -2.34. The van der Waals surface area contributed by atoms with Crippen LogP contribution in [0.15, 0.2) is 54.6 Å². The van der Waals surface area contributed by atoms with Crippen molar-refractivity contribution in [3.05, 3.63) is 60.2 Å². The number of amides is 1. The topological polar surface area (TPSA) is 49.8 Å². The predicted octanol–water partition coefficient (Wildman–Crippen LogP) is 4.29. The summed E-state index contributed by atoms with van der Waals surface area (Å²) in [4.78, 5) is 14.4. The maximum atomic E-state index is 16.1. The van der Waals surface area contributed by atoms with Crippen molar-refractivity contribution < 1.29 is 19.0 Å². The third-order valence-corrected chi connectivity index (χ3v) is 5.59. The lowest BCUT2D eigenvalue weighted by Crippen LogP contribution is -2.72. The molecule has 144 valence electrons. The summed E-state index contributed by atoms with van der Waals surface area (Å²) in [7, 11) is 1.56. The first-order chi connectivity index (χ1) is 13.0. The molecule has 5 heteroatoms. The van der Waals surface area contributed by atoms with Crippen molar-refractivity contribution >= 4 is 11.6 Å². The largest absolute Gasteiger partial charge is 0.497 e. The van der Waals surface area contributed by atoms with Crippen molar-refractivity contribution in [1.82, 2.24) is 0 Å². The third-order valence-electron chi connectivity index (χ3n) is 5.59. The van der Waals surface area contributed by atoms with Gasteiger partial charge in [0.25, 0.3) is 5.91 Å². The molecule has 2 aromatic rings. The summed E-state index contributed by atoms with van der Waals surface area (Å²) >= 11 is 0. The highest BCUT2D eigenvalue weighted by Gasteiger charge is 2.67. The summed E-state index contributed by atoms with van der Waals surface area (Å²) < 4.78 is 21.2. The number of carbonyl (C=O) groups is 1. The smallest absolute Gasteiger partial charge is 0.270 e. The van der Waals surface area contributed by atoms with E-state index < -0.39 is 23.7 Å². The maximum Gasteiger partial charge on any atom is 0.270 e. The van der Waals surface area contributed by atoms with E-state index in [1.165, 1.54) is 4.90 Å². The van der Waals surface area contributed by atoms with Gasteiger partial charge in [0.15, 0.2) is 0 Å². The molecule has 1 heterocycles. The van der Waals surface area contributed by atoms with Gasteiger partial charge in [0.2, 0.25) is 5.67 Å². The first-order valence-electron chi connectivity index (χ1n) is 9.38. The molecule has 1 aliphatic rings. The zero-order valence-electron chi connectivity index (χ0n) is 15.9. The lowest BCUT2D eigenvalue weighted by molar-refractivity contribution is -0.161. The number of carbonyl (C=O) groups excluding carboxylic acids is 1. The fourth-order valence-corrected chi connectivity index (χ4v) is 3.94. The Kier molecular flexibility index (Phi) is 5.51. The van der Waals surface area contributed by atoms with Crippen LogP contribution in [-0.2, 0) is 4.79 Å². The first-order valence-corrected chi connectivity index (χ1v) is 9.38. The molecular weight excluding hydrogens is 345 g/mol. The van der Waals surface area contributed by atoms with Crippen molar-refractivity contribution in [3.63, 3.8) is 0 Å². The third kappa shape index (κ3) is 3.10. The summed E-state index contributed by atoms with van der Waals surface area (Å²) in [5.41, 5.74) is -1.09. The lowest BCUT2D eigenvalue weighted by atomic mass is 9.71. The van der Waals surface area contributed by atoms with Gasteiger partial charge >= 0.3 is 0 Å². The van der Waals surface area contributed by atoms with E-state index in [2.05, 4.69) is 0 Å². The van der Waals surface area contributed by atoms with E-state index in [0.717, 1.165) is 0 Å². The second kappa shape index (κ2) is 7.69. The molecule has 0 aromatic heterocycles. The lowest BCUT2D eigenvalue weighted by Gasteiger charge is -2.54. The van der Waals surface area contributed by atoms with Gasteiger partial charge in [-0.05, 0) is 35.7 Å². The van der Waals surface area contributed by atoms with Crippen LogP contribution in [0.2, 0.25) is 0 Å². The van der Waals surface area contributed by atoms with Crippen LogP contribution in [0.1, 0.15) is 38.3 Å². The molecule has 4 nitrogen and oxygen atoms in total. The molecule has 3 atom stereocenters. The van der Waals surface area contributed by atoms with E-state index in [4.69, 9.17) is 4.74 Å². The normalized spacial score (nSPS) is 23.3. The first kappa shape index (κ1) is 19.4. The molecule has 27 heavy (non-hydrogen) atoms. The number of ether oxygens (including phenoxy) is 1. The zero-order chi connectivity index (χ0) is 19.6. The monoisotopic (exact) mass is 371 g/mol. The Morgan fingerprint density at radius 3 is 2.22 bits per heavy atom. The Morgan fingerprint density at radius 1 is 1.11 bits per heavy atom. The fraction of sp³-hybridized carbons (Fsp3) is 0.409. The number of alkyl halides is 1. The van der Waals surface area contributed by atoms with E-state index in [-0.39, 0.29) is 5.92 Å². The quantitative estimate of drug-likeness (QED) is 0.739. The highest BCUT2D eigenvalue weighted by Crippen LogP contribution is 2.52. The average molecular weight is 371 g/mol. The molecule has 0 bridgehead atoms. The Bertz CT molecular complexity index is 776. The van der Waals surface area contributed by atoms with Crippen molar-refractivity contribution in [3.8, 4) is 5.75 Å². The number of methoxy groups -OCH3 is 1. The van der Waals surface area contributed by atoms with Gasteiger partial charge in [0, 0.05) is 5.69 Å². The van der Waals surface area contributed by atoms with Gasteiger partial charge in [0.1, 0.15) is 17.9 Å².